The molecule has 0 aliphatic rings. The fourth-order valence-electron chi connectivity index (χ4n) is 1.67. The highest BCUT2D eigenvalue weighted by Gasteiger charge is 2.07. The van der Waals surface area contributed by atoms with Crippen LogP contribution in [0.5, 0.6) is 0 Å². The number of benzene rings is 1. The van der Waals surface area contributed by atoms with E-state index in [9.17, 15) is 4.79 Å². The third-order valence-electron chi connectivity index (χ3n) is 2.64. The molecule has 88 valence electrons. The lowest BCUT2D eigenvalue weighted by atomic mass is 10.1. The second-order valence-corrected chi connectivity index (χ2v) is 4.04. The van der Waals surface area contributed by atoms with E-state index in [1.54, 1.807) is 13.3 Å². The van der Waals surface area contributed by atoms with Gasteiger partial charge in [0, 0.05) is 24.3 Å². The molecule has 0 aliphatic carbocycles. The van der Waals surface area contributed by atoms with E-state index >= 15 is 0 Å². The summed E-state index contributed by atoms with van der Waals surface area (Å²) in [5.41, 5.74) is 7.72. The second-order valence-electron chi connectivity index (χ2n) is 4.04. The Morgan fingerprint density at radius 2 is 2.06 bits per heavy atom. The fourth-order valence-corrected chi connectivity index (χ4v) is 1.67. The van der Waals surface area contributed by atoms with E-state index in [0.717, 1.165) is 11.3 Å². The molecule has 0 saturated heterocycles. The Kier molecular flexibility index (Phi) is 3.35. The summed E-state index contributed by atoms with van der Waals surface area (Å²) in [4.78, 5) is 15.8. The largest absolute Gasteiger partial charge is 0.322 e. The maximum absolute atomic E-state index is 11.7. The van der Waals surface area contributed by atoms with Gasteiger partial charge in [0.15, 0.2) is 0 Å². The molecule has 2 rings (SSSR count). The van der Waals surface area contributed by atoms with Crippen LogP contribution in [0.1, 0.15) is 17.3 Å². The number of rotatable bonds is 3. The Labute approximate surface area is 99.7 Å². The Balaban J connectivity index is 2.19. The summed E-state index contributed by atoms with van der Waals surface area (Å²) in [7, 11) is 0. The topological polar surface area (TPSA) is 60.9 Å². The van der Waals surface area contributed by atoms with Crippen LogP contribution in [0.4, 0.5) is 0 Å². The molecule has 0 aliphatic heterocycles. The van der Waals surface area contributed by atoms with Crippen molar-refractivity contribution in [3.05, 3.63) is 64.3 Å². The first-order valence-corrected chi connectivity index (χ1v) is 5.50. The zero-order valence-corrected chi connectivity index (χ0v) is 9.71. The third kappa shape index (κ3) is 2.79. The molecule has 0 saturated carbocycles. The Bertz CT molecular complexity index is 548. The number of hydrogen-bond donors (Lipinski definition) is 1. The van der Waals surface area contributed by atoms with Crippen LogP contribution in [0.15, 0.2) is 47.5 Å². The smallest absolute Gasteiger partial charge is 0.253 e. The fraction of sp³-hybridized carbons (Fsp3) is 0.231. The van der Waals surface area contributed by atoms with Gasteiger partial charge in [0.2, 0.25) is 0 Å². The SMILES string of the molecule is Cc1cc(=O)n(CC(N)c2ccccc2)cn1. The van der Waals surface area contributed by atoms with E-state index in [1.807, 2.05) is 30.3 Å². The summed E-state index contributed by atoms with van der Waals surface area (Å²) >= 11 is 0. The van der Waals surface area contributed by atoms with Gasteiger partial charge in [0.25, 0.3) is 5.56 Å². The molecule has 0 amide bonds. The van der Waals surface area contributed by atoms with Crippen LogP contribution in [0.2, 0.25) is 0 Å². The molecule has 0 fully saturated rings. The van der Waals surface area contributed by atoms with Crippen molar-refractivity contribution in [2.75, 3.05) is 0 Å². The quantitative estimate of drug-likeness (QED) is 0.861. The number of nitrogens with two attached hydrogens (primary N) is 1. The zero-order chi connectivity index (χ0) is 12.3. The Morgan fingerprint density at radius 3 is 2.71 bits per heavy atom. The van der Waals surface area contributed by atoms with Gasteiger partial charge in [-0.1, -0.05) is 30.3 Å². The van der Waals surface area contributed by atoms with E-state index in [2.05, 4.69) is 4.98 Å². The van der Waals surface area contributed by atoms with Crippen LogP contribution in [0, 0.1) is 6.92 Å². The normalized spacial score (nSPS) is 12.4. The molecule has 2 N–H and O–H groups in total. The van der Waals surface area contributed by atoms with Gasteiger partial charge in [-0.3, -0.25) is 9.36 Å². The highest BCUT2D eigenvalue weighted by atomic mass is 16.1. The van der Waals surface area contributed by atoms with E-state index in [0.29, 0.717) is 6.54 Å². The number of aryl methyl sites for hydroxylation is 1. The molecule has 2 aromatic rings. The van der Waals surface area contributed by atoms with Gasteiger partial charge in [-0.05, 0) is 12.5 Å². The van der Waals surface area contributed by atoms with E-state index in [4.69, 9.17) is 5.73 Å². The van der Waals surface area contributed by atoms with Gasteiger partial charge < -0.3 is 5.73 Å². The van der Waals surface area contributed by atoms with Crippen LogP contribution in [0.3, 0.4) is 0 Å². The van der Waals surface area contributed by atoms with E-state index in [1.165, 1.54) is 10.6 Å². The van der Waals surface area contributed by atoms with Gasteiger partial charge in [-0.15, -0.1) is 0 Å². The van der Waals surface area contributed by atoms with Crippen molar-refractivity contribution in [3.8, 4) is 0 Å². The van der Waals surface area contributed by atoms with Crippen molar-refractivity contribution in [3.63, 3.8) is 0 Å². The predicted octanol–water partition coefficient (Wildman–Crippen LogP) is 1.25. The van der Waals surface area contributed by atoms with Gasteiger partial charge in [0.05, 0.1) is 6.33 Å². The molecule has 1 heterocycles. The Hall–Kier alpha value is -1.94. The summed E-state index contributed by atoms with van der Waals surface area (Å²) in [6.07, 6.45) is 1.54. The average molecular weight is 229 g/mol. The van der Waals surface area contributed by atoms with Gasteiger partial charge in [0.1, 0.15) is 0 Å². The van der Waals surface area contributed by atoms with Gasteiger partial charge in [-0.2, -0.15) is 0 Å². The van der Waals surface area contributed by atoms with Crippen LogP contribution < -0.4 is 11.3 Å². The van der Waals surface area contributed by atoms with Gasteiger partial charge >= 0.3 is 0 Å². The number of hydrogen-bond acceptors (Lipinski definition) is 3. The summed E-state index contributed by atoms with van der Waals surface area (Å²) in [5.74, 6) is 0. The van der Waals surface area contributed by atoms with Gasteiger partial charge in [-0.25, -0.2) is 4.98 Å². The molecule has 0 spiro atoms. The lowest BCUT2D eigenvalue weighted by molar-refractivity contribution is 0.553. The third-order valence-corrected chi connectivity index (χ3v) is 2.64. The maximum Gasteiger partial charge on any atom is 0.253 e. The van der Waals surface area contributed by atoms with Crippen molar-refractivity contribution in [2.45, 2.75) is 19.5 Å². The van der Waals surface area contributed by atoms with Crippen LogP contribution in [-0.2, 0) is 6.54 Å². The van der Waals surface area contributed by atoms with E-state index in [-0.39, 0.29) is 11.6 Å². The van der Waals surface area contributed by atoms with Crippen molar-refractivity contribution < 1.29 is 0 Å². The number of nitrogens with zero attached hydrogens (tertiary/aromatic N) is 2. The first-order valence-electron chi connectivity index (χ1n) is 5.50. The molecule has 0 radical (unpaired) electrons. The number of aromatic nitrogens is 2. The lowest BCUT2D eigenvalue weighted by Crippen LogP contribution is -2.26. The minimum atomic E-state index is -0.196. The molecule has 4 heteroatoms. The summed E-state index contributed by atoms with van der Waals surface area (Å²) in [6, 6.07) is 11.0. The molecule has 1 unspecified atom stereocenters. The summed E-state index contributed by atoms with van der Waals surface area (Å²) < 4.78 is 1.53. The van der Waals surface area contributed by atoms with Crippen molar-refractivity contribution in [2.24, 2.45) is 5.73 Å². The molecular weight excluding hydrogens is 214 g/mol. The predicted molar refractivity (Wildman–Crippen MR) is 66.6 cm³/mol. The second kappa shape index (κ2) is 4.93. The molecular formula is C13H15N3O. The molecule has 0 bridgehead atoms. The summed E-state index contributed by atoms with van der Waals surface area (Å²) in [6.45, 7) is 2.24. The molecule has 1 aromatic heterocycles. The average Bonchev–Trinajstić information content (AvgIpc) is 2.34. The van der Waals surface area contributed by atoms with Crippen molar-refractivity contribution in [1.29, 1.82) is 0 Å². The molecule has 1 aromatic carbocycles. The molecule has 17 heavy (non-hydrogen) atoms. The monoisotopic (exact) mass is 229 g/mol. The summed E-state index contributed by atoms with van der Waals surface area (Å²) in [5, 5.41) is 0. The van der Waals surface area contributed by atoms with Crippen molar-refractivity contribution >= 4 is 0 Å². The molecule has 4 nitrogen and oxygen atoms in total. The van der Waals surface area contributed by atoms with E-state index < -0.39 is 0 Å². The first-order chi connectivity index (χ1) is 8.16. The lowest BCUT2D eigenvalue weighted by Gasteiger charge is -2.13. The Morgan fingerprint density at radius 1 is 1.35 bits per heavy atom. The van der Waals surface area contributed by atoms with Crippen LogP contribution >= 0.6 is 0 Å². The highest BCUT2D eigenvalue weighted by molar-refractivity contribution is 5.18. The standard InChI is InChI=1S/C13H15N3O/c1-10-7-13(17)16(9-15-10)8-12(14)11-5-3-2-4-6-11/h2-7,9,12H,8,14H2,1H3. The van der Waals surface area contributed by atoms with Crippen LogP contribution in [0.25, 0.3) is 0 Å². The molecule has 1 atom stereocenters. The zero-order valence-electron chi connectivity index (χ0n) is 9.71. The first kappa shape index (κ1) is 11.5. The highest BCUT2D eigenvalue weighted by Crippen LogP contribution is 2.10. The minimum Gasteiger partial charge on any atom is -0.322 e. The maximum atomic E-state index is 11.7. The minimum absolute atomic E-state index is 0.0659. The van der Waals surface area contributed by atoms with Crippen molar-refractivity contribution in [1.82, 2.24) is 9.55 Å². The van der Waals surface area contributed by atoms with Crippen LogP contribution in [-0.4, -0.2) is 9.55 Å².